The van der Waals surface area contributed by atoms with Crippen molar-refractivity contribution in [1.82, 2.24) is 20.5 Å². The highest BCUT2D eigenvalue weighted by Crippen LogP contribution is 2.25. The number of amides is 2. The molecule has 0 radical (unpaired) electrons. The van der Waals surface area contributed by atoms with Gasteiger partial charge >= 0.3 is 0 Å². The van der Waals surface area contributed by atoms with Gasteiger partial charge in [-0.3, -0.25) is 19.7 Å². The lowest BCUT2D eigenvalue weighted by molar-refractivity contribution is -0.115. The molecule has 0 aliphatic heterocycles. The Kier molecular flexibility index (Phi) is 5.20. The highest BCUT2D eigenvalue weighted by Gasteiger charge is 2.15. The Morgan fingerprint density at radius 2 is 1.78 bits per heavy atom. The summed E-state index contributed by atoms with van der Waals surface area (Å²) in [4.78, 5) is 27.9. The first-order valence-corrected chi connectivity index (χ1v) is 7.93. The summed E-state index contributed by atoms with van der Waals surface area (Å²) in [5.74, 6) is -2.73. The first kappa shape index (κ1) is 18.2. The standard InChI is InChI=1S/C18H15F2N5O2/c1-10-16(11-2-4-21-5-3-11)24-25-17(10)23-15(26)9-22-18(27)12-6-13(19)8-14(20)7-12/h2-8H,9H2,1H3,(H,22,27)(H2,23,24,25,26). The minimum absolute atomic E-state index is 0.212. The van der Waals surface area contributed by atoms with Crippen molar-refractivity contribution in [2.24, 2.45) is 0 Å². The van der Waals surface area contributed by atoms with Crippen molar-refractivity contribution in [3.8, 4) is 11.3 Å². The molecule has 0 saturated carbocycles. The van der Waals surface area contributed by atoms with E-state index in [4.69, 9.17) is 0 Å². The number of H-pyrrole nitrogens is 1. The lowest BCUT2D eigenvalue weighted by Crippen LogP contribution is -2.33. The van der Waals surface area contributed by atoms with Crippen LogP contribution in [0.15, 0.2) is 42.7 Å². The number of aromatic amines is 1. The second-order valence-corrected chi connectivity index (χ2v) is 5.70. The van der Waals surface area contributed by atoms with Gasteiger partial charge in [0.05, 0.1) is 12.2 Å². The third-order valence-corrected chi connectivity index (χ3v) is 3.77. The van der Waals surface area contributed by atoms with Gasteiger partial charge in [-0.2, -0.15) is 5.10 Å². The summed E-state index contributed by atoms with van der Waals surface area (Å²) in [6.45, 7) is 1.40. The number of carbonyl (C=O) groups excluding carboxylic acids is 2. The Balaban J connectivity index is 1.61. The molecule has 0 bridgehead atoms. The maximum Gasteiger partial charge on any atom is 0.251 e. The summed E-state index contributed by atoms with van der Waals surface area (Å²) in [6.07, 6.45) is 3.28. The molecule has 0 saturated heterocycles. The van der Waals surface area contributed by atoms with Crippen LogP contribution in [0.25, 0.3) is 11.3 Å². The summed E-state index contributed by atoms with van der Waals surface area (Å²) in [5, 5.41) is 11.8. The third-order valence-electron chi connectivity index (χ3n) is 3.77. The van der Waals surface area contributed by atoms with Crippen LogP contribution in [0, 0.1) is 18.6 Å². The zero-order valence-electron chi connectivity index (χ0n) is 14.2. The molecule has 0 unspecified atom stereocenters. The van der Waals surface area contributed by atoms with Crippen LogP contribution >= 0.6 is 0 Å². The Morgan fingerprint density at radius 3 is 2.44 bits per heavy atom. The number of hydrogen-bond acceptors (Lipinski definition) is 4. The molecule has 2 heterocycles. The van der Waals surface area contributed by atoms with Crippen LogP contribution in [0.2, 0.25) is 0 Å². The molecular formula is C18H15F2N5O2. The summed E-state index contributed by atoms with van der Waals surface area (Å²) >= 11 is 0. The quantitative estimate of drug-likeness (QED) is 0.641. The molecule has 1 aromatic carbocycles. The van der Waals surface area contributed by atoms with E-state index in [0.29, 0.717) is 17.4 Å². The van der Waals surface area contributed by atoms with Crippen molar-refractivity contribution < 1.29 is 18.4 Å². The molecule has 0 aliphatic rings. The molecule has 0 fully saturated rings. The number of anilines is 1. The molecule has 27 heavy (non-hydrogen) atoms. The maximum absolute atomic E-state index is 13.1. The number of rotatable bonds is 5. The van der Waals surface area contributed by atoms with Gasteiger partial charge in [0.2, 0.25) is 5.91 Å². The highest BCUT2D eigenvalue weighted by atomic mass is 19.1. The number of nitrogens with one attached hydrogen (secondary N) is 3. The lowest BCUT2D eigenvalue weighted by atomic mass is 10.1. The summed E-state index contributed by atoms with van der Waals surface area (Å²) in [7, 11) is 0. The van der Waals surface area contributed by atoms with E-state index in [0.717, 1.165) is 23.4 Å². The van der Waals surface area contributed by atoms with Crippen LogP contribution in [-0.4, -0.2) is 33.5 Å². The molecule has 3 N–H and O–H groups in total. The van der Waals surface area contributed by atoms with Crippen LogP contribution in [-0.2, 0) is 4.79 Å². The molecule has 0 aliphatic carbocycles. The molecule has 3 aromatic rings. The molecular weight excluding hydrogens is 356 g/mol. The minimum Gasteiger partial charge on any atom is -0.343 e. The van der Waals surface area contributed by atoms with Crippen LogP contribution < -0.4 is 10.6 Å². The Morgan fingerprint density at radius 1 is 1.11 bits per heavy atom. The number of benzene rings is 1. The fourth-order valence-electron chi connectivity index (χ4n) is 2.44. The Hall–Kier alpha value is -3.62. The van der Waals surface area contributed by atoms with Gasteiger partial charge in [-0.1, -0.05) is 0 Å². The monoisotopic (exact) mass is 371 g/mol. The predicted octanol–water partition coefficient (Wildman–Crippen LogP) is 2.43. The first-order chi connectivity index (χ1) is 12.9. The number of carbonyl (C=O) groups is 2. The summed E-state index contributed by atoms with van der Waals surface area (Å²) < 4.78 is 26.3. The van der Waals surface area contributed by atoms with E-state index in [1.807, 2.05) is 0 Å². The van der Waals surface area contributed by atoms with E-state index in [1.54, 1.807) is 31.5 Å². The fraction of sp³-hybridized carbons (Fsp3) is 0.111. The molecule has 2 amide bonds. The lowest BCUT2D eigenvalue weighted by Gasteiger charge is -2.06. The summed E-state index contributed by atoms with van der Waals surface area (Å²) in [5.41, 5.74) is 2.09. The van der Waals surface area contributed by atoms with E-state index in [2.05, 4.69) is 25.8 Å². The number of pyridine rings is 1. The molecule has 138 valence electrons. The van der Waals surface area contributed by atoms with Crippen molar-refractivity contribution in [2.45, 2.75) is 6.92 Å². The Labute approximate surface area is 152 Å². The molecule has 0 atom stereocenters. The van der Waals surface area contributed by atoms with Gasteiger partial charge in [-0.25, -0.2) is 8.78 Å². The van der Waals surface area contributed by atoms with E-state index < -0.39 is 23.4 Å². The molecule has 2 aromatic heterocycles. The SMILES string of the molecule is Cc1c(NC(=O)CNC(=O)c2cc(F)cc(F)c2)n[nH]c1-c1ccncc1. The zero-order chi connectivity index (χ0) is 19.4. The second-order valence-electron chi connectivity index (χ2n) is 5.70. The molecule has 3 rings (SSSR count). The van der Waals surface area contributed by atoms with Gasteiger partial charge in [0.1, 0.15) is 11.6 Å². The predicted molar refractivity (Wildman–Crippen MR) is 93.9 cm³/mol. The zero-order valence-corrected chi connectivity index (χ0v) is 14.2. The van der Waals surface area contributed by atoms with Crippen molar-refractivity contribution in [3.63, 3.8) is 0 Å². The van der Waals surface area contributed by atoms with Crippen molar-refractivity contribution in [2.75, 3.05) is 11.9 Å². The molecule has 7 nitrogen and oxygen atoms in total. The number of halogens is 2. The van der Waals surface area contributed by atoms with Crippen LogP contribution in [0.1, 0.15) is 15.9 Å². The van der Waals surface area contributed by atoms with E-state index >= 15 is 0 Å². The van der Waals surface area contributed by atoms with E-state index in [-0.39, 0.29) is 12.1 Å². The van der Waals surface area contributed by atoms with Crippen molar-refractivity contribution in [3.05, 3.63) is 65.5 Å². The van der Waals surface area contributed by atoms with Crippen LogP contribution in [0.4, 0.5) is 14.6 Å². The van der Waals surface area contributed by atoms with Crippen molar-refractivity contribution >= 4 is 17.6 Å². The molecule has 9 heteroatoms. The van der Waals surface area contributed by atoms with Crippen LogP contribution in [0.5, 0.6) is 0 Å². The van der Waals surface area contributed by atoms with Crippen molar-refractivity contribution in [1.29, 1.82) is 0 Å². The number of aromatic nitrogens is 3. The largest absolute Gasteiger partial charge is 0.343 e. The first-order valence-electron chi connectivity index (χ1n) is 7.93. The van der Waals surface area contributed by atoms with Crippen LogP contribution in [0.3, 0.4) is 0 Å². The topological polar surface area (TPSA) is 99.8 Å². The molecule has 0 spiro atoms. The van der Waals surface area contributed by atoms with E-state index in [1.165, 1.54) is 0 Å². The highest BCUT2D eigenvalue weighted by molar-refractivity contribution is 5.99. The normalized spacial score (nSPS) is 10.5. The fourth-order valence-corrected chi connectivity index (χ4v) is 2.44. The number of hydrogen-bond donors (Lipinski definition) is 3. The Bertz CT molecular complexity index is 968. The van der Waals surface area contributed by atoms with Gasteiger partial charge < -0.3 is 10.6 Å². The van der Waals surface area contributed by atoms with Gasteiger partial charge in [-0.05, 0) is 31.2 Å². The van der Waals surface area contributed by atoms with Gasteiger partial charge in [0.25, 0.3) is 5.91 Å². The number of nitrogens with zero attached hydrogens (tertiary/aromatic N) is 2. The third kappa shape index (κ3) is 4.32. The maximum atomic E-state index is 13.1. The smallest absolute Gasteiger partial charge is 0.251 e. The average Bonchev–Trinajstić information content (AvgIpc) is 3.00. The average molecular weight is 371 g/mol. The van der Waals surface area contributed by atoms with E-state index in [9.17, 15) is 18.4 Å². The second kappa shape index (κ2) is 7.73. The minimum atomic E-state index is -0.875. The summed E-state index contributed by atoms with van der Waals surface area (Å²) in [6, 6.07) is 6.02. The van der Waals surface area contributed by atoms with Gasteiger partial charge in [0, 0.05) is 35.2 Å². The van der Waals surface area contributed by atoms with Gasteiger partial charge in [0.15, 0.2) is 5.82 Å². The van der Waals surface area contributed by atoms with Gasteiger partial charge in [-0.15, -0.1) is 0 Å².